The molecule has 92 valence electrons. The summed E-state index contributed by atoms with van der Waals surface area (Å²) < 4.78 is 0. The van der Waals surface area contributed by atoms with Gasteiger partial charge in [0.2, 0.25) is 0 Å². The summed E-state index contributed by atoms with van der Waals surface area (Å²) in [5, 5.41) is 14.2. The maximum atomic E-state index is 10.9. The number of nitro benzene ring substituents is 1. The van der Waals surface area contributed by atoms with Gasteiger partial charge in [-0.05, 0) is 11.6 Å². The zero-order chi connectivity index (χ0) is 13.0. The number of nitrogens with zero attached hydrogens (tertiary/aromatic N) is 1. The maximum absolute atomic E-state index is 10.9. The van der Waals surface area contributed by atoms with Crippen molar-refractivity contribution in [2.24, 2.45) is 0 Å². The molecule has 0 aliphatic rings. The predicted octanol–water partition coefficient (Wildman–Crippen LogP) is 3.86. The number of rotatable bonds is 4. The number of nitrogens with one attached hydrogen (secondary N) is 1. The van der Waals surface area contributed by atoms with Gasteiger partial charge in [0.1, 0.15) is 5.69 Å². The molecule has 0 radical (unpaired) electrons. The summed E-state index contributed by atoms with van der Waals surface area (Å²) in [5.74, 6) is 0. The van der Waals surface area contributed by atoms with Gasteiger partial charge in [0, 0.05) is 12.6 Å². The molecule has 0 bridgehead atoms. The second-order valence-corrected chi connectivity index (χ2v) is 4.14. The number of para-hydroxylation sites is 1. The Balaban J connectivity index is 2.21. The lowest BCUT2D eigenvalue weighted by Gasteiger charge is -2.08. The van der Waals surface area contributed by atoms with Crippen LogP contribution in [0.15, 0.2) is 48.5 Å². The standard InChI is InChI=1S/C13H11ClN2O2/c14-11-7-4-8-12(16(17)18)13(11)15-9-10-5-2-1-3-6-10/h1-8,15H,9H2. The second-order valence-electron chi connectivity index (χ2n) is 3.73. The first-order valence-corrected chi connectivity index (χ1v) is 5.77. The number of hydrogen-bond acceptors (Lipinski definition) is 3. The van der Waals surface area contributed by atoms with Crippen molar-refractivity contribution in [3.8, 4) is 0 Å². The highest BCUT2D eigenvalue weighted by Gasteiger charge is 2.15. The monoisotopic (exact) mass is 262 g/mol. The Morgan fingerprint density at radius 3 is 2.50 bits per heavy atom. The molecule has 0 saturated carbocycles. The molecule has 2 aromatic rings. The van der Waals surface area contributed by atoms with Gasteiger partial charge in [0.15, 0.2) is 0 Å². The lowest BCUT2D eigenvalue weighted by Crippen LogP contribution is -2.03. The lowest BCUT2D eigenvalue weighted by molar-refractivity contribution is -0.383. The van der Waals surface area contributed by atoms with Crippen LogP contribution in [0.1, 0.15) is 5.56 Å². The molecule has 0 spiro atoms. The van der Waals surface area contributed by atoms with Crippen LogP contribution in [0.2, 0.25) is 5.02 Å². The molecule has 0 heterocycles. The summed E-state index contributed by atoms with van der Waals surface area (Å²) in [5.41, 5.74) is 1.37. The van der Waals surface area contributed by atoms with Gasteiger partial charge in [0.25, 0.3) is 5.69 Å². The molecule has 4 nitrogen and oxygen atoms in total. The molecule has 0 saturated heterocycles. The van der Waals surface area contributed by atoms with E-state index in [-0.39, 0.29) is 5.69 Å². The molecule has 1 N–H and O–H groups in total. The first-order chi connectivity index (χ1) is 8.68. The van der Waals surface area contributed by atoms with Crippen molar-refractivity contribution in [1.82, 2.24) is 0 Å². The van der Waals surface area contributed by atoms with Gasteiger partial charge < -0.3 is 5.32 Å². The topological polar surface area (TPSA) is 55.2 Å². The first-order valence-electron chi connectivity index (χ1n) is 5.39. The van der Waals surface area contributed by atoms with E-state index in [1.807, 2.05) is 30.3 Å². The average molecular weight is 263 g/mol. The SMILES string of the molecule is O=[N+]([O-])c1cccc(Cl)c1NCc1ccccc1. The molecule has 0 fully saturated rings. The number of anilines is 1. The van der Waals surface area contributed by atoms with E-state index in [9.17, 15) is 10.1 Å². The second kappa shape index (κ2) is 5.51. The fourth-order valence-electron chi connectivity index (χ4n) is 1.63. The number of halogens is 1. The van der Waals surface area contributed by atoms with Gasteiger partial charge in [-0.3, -0.25) is 10.1 Å². The van der Waals surface area contributed by atoms with Crippen LogP contribution >= 0.6 is 11.6 Å². The van der Waals surface area contributed by atoms with E-state index in [1.165, 1.54) is 6.07 Å². The minimum Gasteiger partial charge on any atom is -0.374 e. The van der Waals surface area contributed by atoms with Crippen molar-refractivity contribution in [3.63, 3.8) is 0 Å². The zero-order valence-corrected chi connectivity index (χ0v) is 10.2. The Hall–Kier alpha value is -2.07. The molecule has 0 atom stereocenters. The number of nitro groups is 1. The van der Waals surface area contributed by atoms with Crippen LogP contribution in [-0.4, -0.2) is 4.92 Å². The van der Waals surface area contributed by atoms with Crippen LogP contribution in [0.25, 0.3) is 0 Å². The van der Waals surface area contributed by atoms with Crippen molar-refractivity contribution in [2.45, 2.75) is 6.54 Å². The molecule has 0 aliphatic heterocycles. The summed E-state index contributed by atoms with van der Waals surface area (Å²) in [6, 6.07) is 14.2. The summed E-state index contributed by atoms with van der Waals surface area (Å²) in [4.78, 5) is 10.4. The smallest absolute Gasteiger partial charge is 0.293 e. The van der Waals surface area contributed by atoms with E-state index >= 15 is 0 Å². The predicted molar refractivity (Wildman–Crippen MR) is 71.9 cm³/mol. The van der Waals surface area contributed by atoms with Gasteiger partial charge in [-0.1, -0.05) is 48.0 Å². The van der Waals surface area contributed by atoms with Crippen molar-refractivity contribution in [3.05, 3.63) is 69.2 Å². The number of hydrogen-bond donors (Lipinski definition) is 1. The van der Waals surface area contributed by atoms with Crippen LogP contribution in [-0.2, 0) is 6.54 Å². The Morgan fingerprint density at radius 1 is 1.11 bits per heavy atom. The van der Waals surface area contributed by atoms with Crippen LogP contribution in [0, 0.1) is 10.1 Å². The molecule has 0 aromatic heterocycles. The Kier molecular flexibility index (Phi) is 3.79. The van der Waals surface area contributed by atoms with Crippen molar-refractivity contribution in [1.29, 1.82) is 0 Å². The molecule has 2 aromatic carbocycles. The summed E-state index contributed by atoms with van der Waals surface area (Å²) in [6.07, 6.45) is 0. The van der Waals surface area contributed by atoms with Gasteiger partial charge in [0.05, 0.1) is 9.95 Å². The average Bonchev–Trinajstić information content (AvgIpc) is 2.38. The molecule has 2 rings (SSSR count). The van der Waals surface area contributed by atoms with Crippen molar-refractivity contribution < 1.29 is 4.92 Å². The minimum absolute atomic E-state index is 0.0153. The van der Waals surface area contributed by atoms with E-state index in [1.54, 1.807) is 12.1 Å². The minimum atomic E-state index is -0.445. The normalized spacial score (nSPS) is 10.1. The number of benzene rings is 2. The highest BCUT2D eigenvalue weighted by atomic mass is 35.5. The van der Waals surface area contributed by atoms with Crippen molar-refractivity contribution in [2.75, 3.05) is 5.32 Å². The quantitative estimate of drug-likeness (QED) is 0.672. The molecule has 18 heavy (non-hydrogen) atoms. The highest BCUT2D eigenvalue weighted by Crippen LogP contribution is 2.32. The van der Waals surface area contributed by atoms with Gasteiger partial charge >= 0.3 is 0 Å². The van der Waals surface area contributed by atoms with E-state index in [0.29, 0.717) is 17.3 Å². The summed E-state index contributed by atoms with van der Waals surface area (Å²) >= 11 is 5.97. The van der Waals surface area contributed by atoms with Crippen LogP contribution in [0.4, 0.5) is 11.4 Å². The van der Waals surface area contributed by atoms with Gasteiger partial charge in [-0.25, -0.2) is 0 Å². The van der Waals surface area contributed by atoms with Gasteiger partial charge in [-0.15, -0.1) is 0 Å². The van der Waals surface area contributed by atoms with E-state index in [4.69, 9.17) is 11.6 Å². The zero-order valence-electron chi connectivity index (χ0n) is 9.47. The first kappa shape index (κ1) is 12.4. The lowest BCUT2D eigenvalue weighted by atomic mass is 10.2. The Bertz CT molecular complexity index is 558. The molecular formula is C13H11ClN2O2. The Labute approximate surface area is 109 Å². The van der Waals surface area contributed by atoms with Crippen LogP contribution in [0.3, 0.4) is 0 Å². The van der Waals surface area contributed by atoms with E-state index in [0.717, 1.165) is 5.56 Å². The third-order valence-corrected chi connectivity index (χ3v) is 2.82. The molecule has 5 heteroatoms. The van der Waals surface area contributed by atoms with Crippen LogP contribution < -0.4 is 5.32 Å². The molecular weight excluding hydrogens is 252 g/mol. The van der Waals surface area contributed by atoms with Gasteiger partial charge in [-0.2, -0.15) is 0 Å². The molecule has 0 unspecified atom stereocenters. The van der Waals surface area contributed by atoms with E-state index in [2.05, 4.69) is 5.32 Å². The fraction of sp³-hybridized carbons (Fsp3) is 0.0769. The van der Waals surface area contributed by atoms with Crippen LogP contribution in [0.5, 0.6) is 0 Å². The third kappa shape index (κ3) is 2.78. The summed E-state index contributed by atoms with van der Waals surface area (Å²) in [7, 11) is 0. The summed E-state index contributed by atoms with van der Waals surface area (Å²) in [6.45, 7) is 0.491. The fourth-order valence-corrected chi connectivity index (χ4v) is 1.86. The largest absolute Gasteiger partial charge is 0.374 e. The highest BCUT2D eigenvalue weighted by molar-refractivity contribution is 6.33. The van der Waals surface area contributed by atoms with Crippen molar-refractivity contribution >= 4 is 23.0 Å². The third-order valence-electron chi connectivity index (χ3n) is 2.50. The Morgan fingerprint density at radius 2 is 1.83 bits per heavy atom. The van der Waals surface area contributed by atoms with E-state index < -0.39 is 4.92 Å². The molecule has 0 aliphatic carbocycles. The maximum Gasteiger partial charge on any atom is 0.293 e. The molecule has 0 amide bonds.